The Bertz CT molecular complexity index is 971. The van der Waals surface area contributed by atoms with Gasteiger partial charge in [-0.25, -0.2) is 4.39 Å². The SMILES string of the molecule is Cc1c(F)cccc1C1[C](N2CCCC2C(F)(F)F)CN(CCO)C[C@@H]1C(=O)N1CCC[C@@H]1C(F)(F)F. The van der Waals surface area contributed by atoms with Crippen molar-refractivity contribution in [2.24, 2.45) is 5.92 Å². The van der Waals surface area contributed by atoms with Crippen LogP contribution in [0.4, 0.5) is 30.7 Å². The summed E-state index contributed by atoms with van der Waals surface area (Å²) in [6.45, 7) is 1.04. The first kappa shape index (κ1) is 28.1. The van der Waals surface area contributed by atoms with Crippen LogP contribution >= 0.6 is 0 Å². The van der Waals surface area contributed by atoms with Crippen molar-refractivity contribution < 1.29 is 40.6 Å². The van der Waals surface area contributed by atoms with Crippen molar-refractivity contribution in [1.29, 1.82) is 0 Å². The Kier molecular flexibility index (Phi) is 8.11. The Morgan fingerprint density at radius 2 is 1.68 bits per heavy atom. The summed E-state index contributed by atoms with van der Waals surface area (Å²) in [4.78, 5) is 17.4. The van der Waals surface area contributed by atoms with Gasteiger partial charge in [-0.3, -0.25) is 14.6 Å². The van der Waals surface area contributed by atoms with Gasteiger partial charge in [0.1, 0.15) is 17.9 Å². The number of amides is 1. The van der Waals surface area contributed by atoms with Crippen LogP contribution in [-0.2, 0) is 4.79 Å². The molecule has 0 spiro atoms. The van der Waals surface area contributed by atoms with E-state index in [2.05, 4.69) is 0 Å². The zero-order valence-electron chi connectivity index (χ0n) is 20.5. The first-order chi connectivity index (χ1) is 17.3. The molecule has 3 aliphatic heterocycles. The number of aliphatic hydroxyl groups is 1. The number of hydrogen-bond acceptors (Lipinski definition) is 4. The molecule has 1 radical (unpaired) electrons. The fraction of sp³-hybridized carbons (Fsp3) is 0.680. The molecule has 4 rings (SSSR count). The van der Waals surface area contributed by atoms with Gasteiger partial charge in [-0.1, -0.05) is 12.1 Å². The average Bonchev–Trinajstić information content (AvgIpc) is 3.50. The molecule has 0 bridgehead atoms. The third-order valence-electron chi connectivity index (χ3n) is 7.89. The van der Waals surface area contributed by atoms with E-state index in [1.54, 1.807) is 4.90 Å². The zero-order chi connectivity index (χ0) is 27.1. The second-order valence-electron chi connectivity index (χ2n) is 10.1. The molecular weight excluding hydrogens is 507 g/mol. The minimum absolute atomic E-state index is 0.0137. The predicted molar refractivity (Wildman–Crippen MR) is 121 cm³/mol. The van der Waals surface area contributed by atoms with Gasteiger partial charge in [0.05, 0.1) is 18.6 Å². The number of aliphatic hydroxyl groups excluding tert-OH is 1. The van der Waals surface area contributed by atoms with E-state index in [4.69, 9.17) is 0 Å². The van der Waals surface area contributed by atoms with Gasteiger partial charge in [0.15, 0.2) is 0 Å². The van der Waals surface area contributed by atoms with Crippen molar-refractivity contribution in [3.05, 3.63) is 41.2 Å². The number of piperidine rings is 1. The number of hydrogen-bond donors (Lipinski definition) is 1. The van der Waals surface area contributed by atoms with E-state index in [9.17, 15) is 40.6 Å². The van der Waals surface area contributed by atoms with E-state index in [0.29, 0.717) is 5.56 Å². The summed E-state index contributed by atoms with van der Waals surface area (Å²) < 4.78 is 97.9. The van der Waals surface area contributed by atoms with Crippen molar-refractivity contribution in [2.45, 2.75) is 63.0 Å². The lowest BCUT2D eigenvalue weighted by molar-refractivity contribution is -0.187. The number of carbonyl (C=O) groups excluding carboxylic acids is 1. The van der Waals surface area contributed by atoms with Crippen molar-refractivity contribution in [3.63, 3.8) is 0 Å². The molecule has 37 heavy (non-hydrogen) atoms. The summed E-state index contributed by atoms with van der Waals surface area (Å²) in [6, 6.07) is 0.587. The lowest BCUT2D eigenvalue weighted by atomic mass is 9.74. The monoisotopic (exact) mass is 538 g/mol. The van der Waals surface area contributed by atoms with Crippen LogP contribution in [0.5, 0.6) is 0 Å². The molecule has 1 aromatic rings. The molecule has 3 heterocycles. The van der Waals surface area contributed by atoms with Crippen LogP contribution in [0.2, 0.25) is 0 Å². The molecule has 5 nitrogen and oxygen atoms in total. The third kappa shape index (κ3) is 5.61. The maximum atomic E-state index is 14.7. The van der Waals surface area contributed by atoms with Gasteiger partial charge in [-0.2, -0.15) is 26.3 Å². The highest BCUT2D eigenvalue weighted by atomic mass is 19.4. The number of nitrogens with zero attached hydrogens (tertiary/aromatic N) is 3. The molecule has 3 fully saturated rings. The lowest BCUT2D eigenvalue weighted by Crippen LogP contribution is -2.58. The predicted octanol–water partition coefficient (Wildman–Crippen LogP) is 4.25. The minimum atomic E-state index is -4.64. The molecule has 2 unspecified atom stereocenters. The highest BCUT2D eigenvalue weighted by Crippen LogP contribution is 2.48. The number of benzene rings is 1. The van der Waals surface area contributed by atoms with Crippen LogP contribution in [0.15, 0.2) is 18.2 Å². The van der Waals surface area contributed by atoms with Crippen molar-refractivity contribution in [2.75, 3.05) is 39.3 Å². The number of halogens is 7. The van der Waals surface area contributed by atoms with E-state index in [-0.39, 0.29) is 76.6 Å². The Balaban J connectivity index is 1.81. The molecule has 4 atom stereocenters. The Hall–Kier alpha value is -1.92. The summed E-state index contributed by atoms with van der Waals surface area (Å²) in [5.74, 6) is -3.62. The number of likely N-dealkylation sites (tertiary alicyclic amines) is 3. The van der Waals surface area contributed by atoms with E-state index in [1.807, 2.05) is 0 Å². The van der Waals surface area contributed by atoms with Crippen LogP contribution in [0.1, 0.15) is 42.7 Å². The maximum absolute atomic E-state index is 14.7. The second-order valence-corrected chi connectivity index (χ2v) is 10.1. The van der Waals surface area contributed by atoms with Crippen LogP contribution in [0, 0.1) is 24.7 Å². The van der Waals surface area contributed by atoms with E-state index in [0.717, 1.165) is 4.90 Å². The Morgan fingerprint density at radius 3 is 2.32 bits per heavy atom. The molecule has 1 amide bonds. The molecule has 1 aromatic carbocycles. The highest BCUT2D eigenvalue weighted by molar-refractivity contribution is 5.82. The summed E-state index contributed by atoms with van der Waals surface area (Å²) >= 11 is 0. The largest absolute Gasteiger partial charge is 0.408 e. The quantitative estimate of drug-likeness (QED) is 0.570. The fourth-order valence-corrected chi connectivity index (χ4v) is 6.20. The smallest absolute Gasteiger partial charge is 0.395 e. The van der Waals surface area contributed by atoms with Gasteiger partial charge in [0.25, 0.3) is 0 Å². The number of carbonyl (C=O) groups is 1. The molecule has 3 saturated heterocycles. The summed E-state index contributed by atoms with van der Waals surface area (Å²) in [5, 5.41) is 9.56. The molecule has 0 aromatic heterocycles. The number of rotatable bonds is 5. The first-order valence-electron chi connectivity index (χ1n) is 12.5. The molecule has 3 aliphatic rings. The van der Waals surface area contributed by atoms with E-state index < -0.39 is 48.0 Å². The first-order valence-corrected chi connectivity index (χ1v) is 12.5. The van der Waals surface area contributed by atoms with E-state index in [1.165, 1.54) is 30.0 Å². The maximum Gasteiger partial charge on any atom is 0.408 e. The lowest BCUT2D eigenvalue weighted by Gasteiger charge is -2.49. The Labute approximate surface area is 211 Å². The van der Waals surface area contributed by atoms with E-state index >= 15 is 0 Å². The molecule has 0 aliphatic carbocycles. The zero-order valence-corrected chi connectivity index (χ0v) is 20.5. The van der Waals surface area contributed by atoms with Crippen LogP contribution < -0.4 is 0 Å². The second kappa shape index (κ2) is 10.7. The van der Waals surface area contributed by atoms with Crippen LogP contribution in [0.3, 0.4) is 0 Å². The molecular formula is C25H31F7N3O2. The fourth-order valence-electron chi connectivity index (χ4n) is 6.20. The van der Waals surface area contributed by atoms with Crippen LogP contribution in [0.25, 0.3) is 0 Å². The minimum Gasteiger partial charge on any atom is -0.395 e. The van der Waals surface area contributed by atoms with Crippen molar-refractivity contribution in [3.8, 4) is 0 Å². The molecule has 207 valence electrons. The normalized spacial score (nSPS) is 28.8. The van der Waals surface area contributed by atoms with Crippen molar-refractivity contribution in [1.82, 2.24) is 14.7 Å². The van der Waals surface area contributed by atoms with Gasteiger partial charge in [-0.15, -0.1) is 0 Å². The summed E-state index contributed by atoms with van der Waals surface area (Å²) in [6.07, 6.45) is -9.18. The van der Waals surface area contributed by atoms with Gasteiger partial charge < -0.3 is 10.0 Å². The topological polar surface area (TPSA) is 47.0 Å². The number of alkyl halides is 6. The standard InChI is InChI=1S/C25H31F7N3O2/c1-15-16(5-2-6-18(15)26)22-17(23(37)35-10-4-8-21(35)25(30,31)32)13-33(11-12-36)14-19(22)34-9-3-7-20(34)24(27,28)29/h2,5-6,17,20-22,36H,3-4,7-14H2,1H3/t17-,20?,21+,22?/m0/s1. The molecule has 0 saturated carbocycles. The van der Waals surface area contributed by atoms with Crippen LogP contribution in [-0.4, -0.2) is 89.5 Å². The number of β-amino-alcohol motifs (C(OH)–C–C–N with tert-alkyl or cyclic N) is 1. The van der Waals surface area contributed by atoms with Gasteiger partial charge >= 0.3 is 12.4 Å². The van der Waals surface area contributed by atoms with Gasteiger partial charge in [-0.05, 0) is 56.3 Å². The van der Waals surface area contributed by atoms with Gasteiger partial charge in [0, 0.05) is 32.1 Å². The Morgan fingerprint density at radius 1 is 1.03 bits per heavy atom. The molecule has 1 N–H and O–H groups in total. The average molecular weight is 539 g/mol. The third-order valence-corrected chi connectivity index (χ3v) is 7.89. The summed E-state index contributed by atoms with van der Waals surface area (Å²) in [5.41, 5.74) is 0.447. The van der Waals surface area contributed by atoms with Crippen molar-refractivity contribution >= 4 is 5.91 Å². The molecule has 12 heteroatoms. The summed E-state index contributed by atoms with van der Waals surface area (Å²) in [7, 11) is 0. The van der Waals surface area contributed by atoms with Gasteiger partial charge in [0.2, 0.25) is 5.91 Å². The highest BCUT2D eigenvalue weighted by Gasteiger charge is 2.55.